The molecule has 0 saturated heterocycles. The van der Waals surface area contributed by atoms with Gasteiger partial charge in [-0.2, -0.15) is 4.98 Å². The van der Waals surface area contributed by atoms with Gasteiger partial charge in [0, 0.05) is 32.0 Å². The number of hydrogen-bond donors (Lipinski definition) is 0. The SMILES string of the molecule is CC[C@H](C)n1c(C)cn2c3c(=O)n(C)c(=O)n(C)c3nc12. The minimum Gasteiger partial charge on any atom is -0.311 e. The van der Waals surface area contributed by atoms with E-state index in [0.29, 0.717) is 16.9 Å². The average molecular weight is 289 g/mol. The number of aryl methyl sites for hydroxylation is 2. The monoisotopic (exact) mass is 289 g/mol. The van der Waals surface area contributed by atoms with E-state index >= 15 is 0 Å². The zero-order chi connectivity index (χ0) is 15.5. The normalized spacial score (nSPS) is 13.4. The summed E-state index contributed by atoms with van der Waals surface area (Å²) in [6, 6.07) is 0.278. The van der Waals surface area contributed by atoms with E-state index in [9.17, 15) is 9.59 Å². The van der Waals surface area contributed by atoms with Gasteiger partial charge in [-0.1, -0.05) is 6.92 Å². The summed E-state index contributed by atoms with van der Waals surface area (Å²) in [6.07, 6.45) is 2.87. The van der Waals surface area contributed by atoms with Crippen molar-refractivity contribution in [2.24, 2.45) is 14.1 Å². The lowest BCUT2D eigenvalue weighted by Gasteiger charge is -2.12. The predicted octanol–water partition coefficient (Wildman–Crippen LogP) is 0.966. The van der Waals surface area contributed by atoms with Crippen molar-refractivity contribution >= 4 is 16.9 Å². The van der Waals surface area contributed by atoms with Crippen molar-refractivity contribution in [3.8, 4) is 0 Å². The maximum absolute atomic E-state index is 12.4. The second-order valence-electron chi connectivity index (χ2n) is 5.56. The van der Waals surface area contributed by atoms with Crippen molar-refractivity contribution in [1.29, 1.82) is 0 Å². The van der Waals surface area contributed by atoms with Crippen LogP contribution in [0.3, 0.4) is 0 Å². The molecule has 0 aliphatic carbocycles. The van der Waals surface area contributed by atoms with Crippen molar-refractivity contribution < 1.29 is 0 Å². The molecule has 3 aromatic rings. The molecule has 112 valence electrons. The minimum absolute atomic E-state index is 0.278. The Bertz CT molecular complexity index is 969. The highest BCUT2D eigenvalue weighted by Gasteiger charge is 2.20. The van der Waals surface area contributed by atoms with Crippen LogP contribution in [0.2, 0.25) is 0 Å². The van der Waals surface area contributed by atoms with Crippen molar-refractivity contribution in [2.75, 3.05) is 0 Å². The summed E-state index contributed by atoms with van der Waals surface area (Å²) >= 11 is 0. The number of hydrogen-bond acceptors (Lipinski definition) is 3. The van der Waals surface area contributed by atoms with Crippen LogP contribution in [0.25, 0.3) is 16.9 Å². The Morgan fingerprint density at radius 2 is 1.90 bits per heavy atom. The largest absolute Gasteiger partial charge is 0.332 e. The Hall–Kier alpha value is -2.31. The summed E-state index contributed by atoms with van der Waals surface area (Å²) < 4.78 is 6.43. The summed E-state index contributed by atoms with van der Waals surface area (Å²) in [5, 5.41) is 0. The molecule has 0 N–H and O–H groups in total. The Morgan fingerprint density at radius 1 is 1.24 bits per heavy atom. The molecular weight excluding hydrogens is 270 g/mol. The molecule has 0 aliphatic rings. The van der Waals surface area contributed by atoms with E-state index in [-0.39, 0.29) is 17.3 Å². The fraction of sp³-hybridized carbons (Fsp3) is 0.500. The number of imidazole rings is 2. The second-order valence-corrected chi connectivity index (χ2v) is 5.56. The van der Waals surface area contributed by atoms with Gasteiger partial charge in [-0.25, -0.2) is 4.79 Å². The number of nitrogens with zero attached hydrogens (tertiary/aromatic N) is 5. The molecule has 3 rings (SSSR count). The topological polar surface area (TPSA) is 66.2 Å². The van der Waals surface area contributed by atoms with Crippen LogP contribution in [-0.4, -0.2) is 23.1 Å². The Morgan fingerprint density at radius 3 is 2.52 bits per heavy atom. The molecule has 0 spiro atoms. The van der Waals surface area contributed by atoms with E-state index in [0.717, 1.165) is 16.7 Å². The molecule has 0 aliphatic heterocycles. The molecule has 7 heteroatoms. The molecule has 0 saturated carbocycles. The highest BCUT2D eigenvalue weighted by atomic mass is 16.2. The standard InChI is InChI=1S/C14H19N5O2/c1-6-8(2)19-9(3)7-18-10-11(15-13(18)19)16(4)14(21)17(5)12(10)20/h7-8H,6H2,1-5H3/t8-/m0/s1. The maximum atomic E-state index is 12.4. The van der Waals surface area contributed by atoms with Gasteiger partial charge in [0.15, 0.2) is 11.2 Å². The first-order chi connectivity index (χ1) is 9.88. The van der Waals surface area contributed by atoms with E-state index in [4.69, 9.17) is 0 Å². The van der Waals surface area contributed by atoms with Crippen LogP contribution in [0.15, 0.2) is 15.8 Å². The molecule has 1 atom stereocenters. The molecule has 0 radical (unpaired) electrons. The average Bonchev–Trinajstić information content (AvgIpc) is 2.96. The third-order valence-corrected chi connectivity index (χ3v) is 4.22. The lowest BCUT2D eigenvalue weighted by molar-refractivity contribution is 0.532. The van der Waals surface area contributed by atoms with Crippen LogP contribution in [0.4, 0.5) is 0 Å². The molecule has 0 aromatic carbocycles. The summed E-state index contributed by atoms with van der Waals surface area (Å²) in [6.45, 7) is 6.22. The van der Waals surface area contributed by atoms with E-state index in [2.05, 4.69) is 23.4 Å². The smallest absolute Gasteiger partial charge is 0.311 e. The van der Waals surface area contributed by atoms with Gasteiger partial charge in [0.2, 0.25) is 5.78 Å². The van der Waals surface area contributed by atoms with Crippen LogP contribution < -0.4 is 11.2 Å². The Kier molecular flexibility index (Phi) is 2.82. The first-order valence-corrected chi connectivity index (χ1v) is 7.04. The molecule has 0 amide bonds. The van der Waals surface area contributed by atoms with E-state index in [1.807, 2.05) is 13.1 Å². The Balaban J connectivity index is 2.57. The van der Waals surface area contributed by atoms with Gasteiger partial charge in [0.25, 0.3) is 5.56 Å². The molecule has 0 fully saturated rings. The van der Waals surface area contributed by atoms with Gasteiger partial charge in [0.05, 0.1) is 0 Å². The third-order valence-electron chi connectivity index (χ3n) is 4.22. The highest BCUT2D eigenvalue weighted by Crippen LogP contribution is 2.21. The van der Waals surface area contributed by atoms with E-state index < -0.39 is 0 Å². The molecule has 3 heterocycles. The fourth-order valence-electron chi connectivity index (χ4n) is 2.83. The summed E-state index contributed by atoms with van der Waals surface area (Å²) in [5.41, 5.74) is 1.24. The molecule has 0 bridgehead atoms. The summed E-state index contributed by atoms with van der Waals surface area (Å²) in [7, 11) is 3.12. The first-order valence-electron chi connectivity index (χ1n) is 7.04. The maximum Gasteiger partial charge on any atom is 0.332 e. The van der Waals surface area contributed by atoms with Gasteiger partial charge in [-0.3, -0.25) is 18.3 Å². The van der Waals surface area contributed by atoms with Gasteiger partial charge >= 0.3 is 5.69 Å². The van der Waals surface area contributed by atoms with Crippen molar-refractivity contribution in [1.82, 2.24) is 23.1 Å². The van der Waals surface area contributed by atoms with Gasteiger partial charge in [0.1, 0.15) is 0 Å². The fourth-order valence-corrected chi connectivity index (χ4v) is 2.83. The molecule has 0 unspecified atom stereocenters. The van der Waals surface area contributed by atoms with Crippen LogP contribution in [0.1, 0.15) is 32.0 Å². The minimum atomic E-state index is -0.361. The molecule has 7 nitrogen and oxygen atoms in total. The zero-order valence-corrected chi connectivity index (χ0v) is 12.9. The van der Waals surface area contributed by atoms with Crippen molar-refractivity contribution in [3.05, 3.63) is 32.7 Å². The molecule has 21 heavy (non-hydrogen) atoms. The molecule has 3 aromatic heterocycles. The first kappa shape index (κ1) is 13.7. The quantitative estimate of drug-likeness (QED) is 0.706. The predicted molar refractivity (Wildman–Crippen MR) is 80.9 cm³/mol. The van der Waals surface area contributed by atoms with Crippen LogP contribution in [0, 0.1) is 6.92 Å². The zero-order valence-electron chi connectivity index (χ0n) is 12.9. The summed E-state index contributed by atoms with van der Waals surface area (Å²) in [4.78, 5) is 29.0. The highest BCUT2D eigenvalue weighted by molar-refractivity contribution is 5.75. The molecular formula is C14H19N5O2. The van der Waals surface area contributed by atoms with Gasteiger partial charge in [-0.05, 0) is 20.3 Å². The van der Waals surface area contributed by atoms with Crippen LogP contribution in [0.5, 0.6) is 0 Å². The van der Waals surface area contributed by atoms with Gasteiger partial charge in [-0.15, -0.1) is 0 Å². The van der Waals surface area contributed by atoms with E-state index in [1.54, 1.807) is 11.4 Å². The number of aromatic nitrogens is 5. The lowest BCUT2D eigenvalue weighted by Crippen LogP contribution is -2.37. The lowest BCUT2D eigenvalue weighted by atomic mass is 10.2. The number of rotatable bonds is 2. The van der Waals surface area contributed by atoms with E-state index in [1.165, 1.54) is 11.6 Å². The second kappa shape index (κ2) is 4.34. The van der Waals surface area contributed by atoms with Crippen LogP contribution >= 0.6 is 0 Å². The Labute approximate surface area is 121 Å². The van der Waals surface area contributed by atoms with Crippen molar-refractivity contribution in [3.63, 3.8) is 0 Å². The van der Waals surface area contributed by atoms with Crippen LogP contribution in [-0.2, 0) is 14.1 Å². The van der Waals surface area contributed by atoms with Crippen molar-refractivity contribution in [2.45, 2.75) is 33.2 Å². The number of fused-ring (bicyclic) bond motifs is 3. The van der Waals surface area contributed by atoms with Gasteiger partial charge < -0.3 is 4.57 Å². The third kappa shape index (κ3) is 1.63. The summed E-state index contributed by atoms with van der Waals surface area (Å²) in [5.74, 6) is 0.704.